The summed E-state index contributed by atoms with van der Waals surface area (Å²) in [5.74, 6) is 3.72. The molecule has 0 unspecified atom stereocenters. The van der Waals surface area contributed by atoms with Crippen molar-refractivity contribution in [3.63, 3.8) is 0 Å². The van der Waals surface area contributed by atoms with Gasteiger partial charge in [0.15, 0.2) is 17.5 Å². The van der Waals surface area contributed by atoms with Crippen molar-refractivity contribution in [3.05, 3.63) is 29.2 Å². The van der Waals surface area contributed by atoms with Crippen LogP contribution >= 0.6 is 0 Å². The SMILES string of the molecule is CCCCNC(=NCc1nnc(C)n1C)NCc1cc(C(CC)CC)no1. The first-order valence-corrected chi connectivity index (χ1v) is 9.91. The van der Waals surface area contributed by atoms with Crippen LogP contribution in [0.25, 0.3) is 0 Å². The lowest BCUT2D eigenvalue weighted by Crippen LogP contribution is -2.37. The third-order valence-corrected chi connectivity index (χ3v) is 4.80. The van der Waals surface area contributed by atoms with Crippen LogP contribution in [0.2, 0.25) is 0 Å². The lowest BCUT2D eigenvalue weighted by Gasteiger charge is -2.11. The van der Waals surface area contributed by atoms with E-state index in [0.717, 1.165) is 61.3 Å². The maximum Gasteiger partial charge on any atom is 0.192 e. The van der Waals surface area contributed by atoms with Crippen molar-refractivity contribution in [3.8, 4) is 0 Å². The van der Waals surface area contributed by atoms with E-state index in [1.165, 1.54) is 0 Å². The van der Waals surface area contributed by atoms with Crippen LogP contribution in [0, 0.1) is 6.92 Å². The van der Waals surface area contributed by atoms with Gasteiger partial charge >= 0.3 is 0 Å². The minimum atomic E-state index is 0.456. The number of unbranched alkanes of at least 4 members (excludes halogenated alkanes) is 1. The number of aliphatic imine (C=N–C) groups is 1. The van der Waals surface area contributed by atoms with Crippen LogP contribution < -0.4 is 10.6 Å². The maximum absolute atomic E-state index is 5.49. The van der Waals surface area contributed by atoms with Crippen LogP contribution in [-0.2, 0) is 20.1 Å². The molecule has 27 heavy (non-hydrogen) atoms. The van der Waals surface area contributed by atoms with Crippen molar-refractivity contribution in [1.82, 2.24) is 30.6 Å². The van der Waals surface area contributed by atoms with Gasteiger partial charge in [0.25, 0.3) is 0 Å². The summed E-state index contributed by atoms with van der Waals surface area (Å²) in [4.78, 5) is 4.64. The number of guanidine groups is 1. The van der Waals surface area contributed by atoms with Gasteiger partial charge in [-0.05, 0) is 26.2 Å². The Morgan fingerprint density at radius 1 is 1.22 bits per heavy atom. The molecule has 150 valence electrons. The van der Waals surface area contributed by atoms with Gasteiger partial charge in [0, 0.05) is 25.6 Å². The molecule has 0 fully saturated rings. The second kappa shape index (κ2) is 10.7. The topological polar surface area (TPSA) is 93.2 Å². The summed E-state index contributed by atoms with van der Waals surface area (Å²) in [5.41, 5.74) is 1.03. The Balaban J connectivity index is 1.99. The first-order chi connectivity index (χ1) is 13.1. The zero-order chi connectivity index (χ0) is 19.6. The Labute approximate surface area is 161 Å². The average molecular weight is 376 g/mol. The summed E-state index contributed by atoms with van der Waals surface area (Å²) < 4.78 is 7.44. The molecule has 2 aromatic heterocycles. The standard InChI is InChI=1S/C19H33N7O/c1-6-9-10-20-19(22-13-18-24-23-14(4)26(18)5)21-12-16-11-17(25-27-16)15(7-2)8-3/h11,15H,6-10,12-13H2,1-5H3,(H2,20,21,22). The predicted octanol–water partition coefficient (Wildman–Crippen LogP) is 3.05. The Kier molecular flexibility index (Phi) is 8.29. The van der Waals surface area contributed by atoms with Crippen molar-refractivity contribution in [2.24, 2.45) is 12.0 Å². The summed E-state index contributed by atoms with van der Waals surface area (Å²) in [6.45, 7) is 10.3. The highest BCUT2D eigenvalue weighted by atomic mass is 16.5. The Morgan fingerprint density at radius 3 is 2.63 bits per heavy atom. The molecule has 0 aromatic carbocycles. The summed E-state index contributed by atoms with van der Waals surface area (Å²) in [6.07, 6.45) is 4.35. The molecule has 2 heterocycles. The van der Waals surface area contributed by atoms with Crippen LogP contribution in [0.3, 0.4) is 0 Å². The first-order valence-electron chi connectivity index (χ1n) is 9.91. The van der Waals surface area contributed by atoms with Gasteiger partial charge in [0.05, 0.1) is 12.2 Å². The molecule has 2 aromatic rings. The molecule has 2 rings (SSSR count). The lowest BCUT2D eigenvalue weighted by atomic mass is 9.99. The van der Waals surface area contributed by atoms with Gasteiger partial charge in [-0.1, -0.05) is 32.3 Å². The minimum absolute atomic E-state index is 0.456. The van der Waals surface area contributed by atoms with Gasteiger partial charge in [0.2, 0.25) is 0 Å². The molecular weight excluding hydrogens is 342 g/mol. The molecule has 8 nitrogen and oxygen atoms in total. The molecule has 0 saturated carbocycles. The Hall–Kier alpha value is -2.38. The third-order valence-electron chi connectivity index (χ3n) is 4.80. The van der Waals surface area contributed by atoms with Gasteiger partial charge in [0.1, 0.15) is 12.4 Å². The molecule has 0 aliphatic rings. The van der Waals surface area contributed by atoms with E-state index in [9.17, 15) is 0 Å². The second-order valence-electron chi connectivity index (χ2n) is 6.75. The summed E-state index contributed by atoms with van der Waals surface area (Å²) in [7, 11) is 1.95. The molecule has 0 aliphatic heterocycles. The molecule has 0 atom stereocenters. The molecule has 0 spiro atoms. The zero-order valence-corrected chi connectivity index (χ0v) is 17.2. The lowest BCUT2D eigenvalue weighted by molar-refractivity contribution is 0.368. The monoisotopic (exact) mass is 375 g/mol. The quantitative estimate of drug-likeness (QED) is 0.377. The third kappa shape index (κ3) is 6.08. The average Bonchev–Trinajstić information content (AvgIpc) is 3.26. The Morgan fingerprint density at radius 2 is 2.00 bits per heavy atom. The van der Waals surface area contributed by atoms with Crippen molar-refractivity contribution >= 4 is 5.96 Å². The van der Waals surface area contributed by atoms with Gasteiger partial charge in [-0.3, -0.25) is 0 Å². The molecule has 8 heteroatoms. The number of rotatable bonds is 10. The van der Waals surface area contributed by atoms with Crippen molar-refractivity contribution in [2.45, 2.75) is 72.4 Å². The number of nitrogens with one attached hydrogen (secondary N) is 2. The highest BCUT2D eigenvalue weighted by Crippen LogP contribution is 2.22. The second-order valence-corrected chi connectivity index (χ2v) is 6.75. The summed E-state index contributed by atoms with van der Waals surface area (Å²) in [5, 5.41) is 19.2. The number of hydrogen-bond acceptors (Lipinski definition) is 5. The van der Waals surface area contributed by atoms with E-state index in [-0.39, 0.29) is 0 Å². The van der Waals surface area contributed by atoms with Gasteiger partial charge in [-0.25, -0.2) is 4.99 Å². The maximum atomic E-state index is 5.49. The van der Waals surface area contributed by atoms with Crippen LogP contribution in [-0.4, -0.2) is 32.4 Å². The van der Waals surface area contributed by atoms with E-state index in [0.29, 0.717) is 19.0 Å². The smallest absolute Gasteiger partial charge is 0.192 e. The van der Waals surface area contributed by atoms with Gasteiger partial charge < -0.3 is 19.7 Å². The Bertz CT molecular complexity index is 715. The van der Waals surface area contributed by atoms with E-state index in [1.807, 2.05) is 24.6 Å². The number of aryl methyl sites for hydroxylation is 1. The van der Waals surface area contributed by atoms with E-state index >= 15 is 0 Å². The molecule has 0 amide bonds. The van der Waals surface area contributed by atoms with E-state index in [1.54, 1.807) is 0 Å². The van der Waals surface area contributed by atoms with Crippen LogP contribution in [0.15, 0.2) is 15.6 Å². The molecule has 2 N–H and O–H groups in total. The number of aromatic nitrogens is 4. The fraction of sp³-hybridized carbons (Fsp3) is 0.684. The molecule has 0 bridgehead atoms. The molecule has 0 saturated heterocycles. The first kappa shape index (κ1) is 20.9. The minimum Gasteiger partial charge on any atom is -0.359 e. The predicted molar refractivity (Wildman–Crippen MR) is 106 cm³/mol. The largest absolute Gasteiger partial charge is 0.359 e. The zero-order valence-electron chi connectivity index (χ0n) is 17.2. The van der Waals surface area contributed by atoms with Gasteiger partial charge in [-0.2, -0.15) is 0 Å². The van der Waals surface area contributed by atoms with Gasteiger partial charge in [-0.15, -0.1) is 10.2 Å². The fourth-order valence-electron chi connectivity index (χ4n) is 2.78. The highest BCUT2D eigenvalue weighted by Gasteiger charge is 2.13. The molecule has 0 aliphatic carbocycles. The van der Waals surface area contributed by atoms with E-state index in [4.69, 9.17) is 4.52 Å². The molecular formula is C19H33N7O. The fourth-order valence-corrected chi connectivity index (χ4v) is 2.78. The van der Waals surface area contributed by atoms with E-state index in [2.05, 4.69) is 51.8 Å². The van der Waals surface area contributed by atoms with Crippen LogP contribution in [0.1, 0.15) is 75.5 Å². The van der Waals surface area contributed by atoms with Crippen molar-refractivity contribution in [2.75, 3.05) is 6.54 Å². The van der Waals surface area contributed by atoms with Crippen LogP contribution in [0.5, 0.6) is 0 Å². The molecule has 0 radical (unpaired) electrons. The summed E-state index contributed by atoms with van der Waals surface area (Å²) in [6, 6.07) is 2.04. The highest BCUT2D eigenvalue weighted by molar-refractivity contribution is 5.79. The van der Waals surface area contributed by atoms with Crippen molar-refractivity contribution in [1.29, 1.82) is 0 Å². The van der Waals surface area contributed by atoms with Crippen molar-refractivity contribution < 1.29 is 4.52 Å². The summed E-state index contributed by atoms with van der Waals surface area (Å²) >= 11 is 0. The normalized spacial score (nSPS) is 12.0. The van der Waals surface area contributed by atoms with E-state index < -0.39 is 0 Å². The number of hydrogen-bond donors (Lipinski definition) is 2. The van der Waals surface area contributed by atoms with Crippen LogP contribution in [0.4, 0.5) is 0 Å². The number of nitrogens with zero attached hydrogens (tertiary/aromatic N) is 5.